The van der Waals surface area contributed by atoms with E-state index in [-0.39, 0.29) is 13.3 Å². The minimum absolute atomic E-state index is 0.0295. The number of hydrogen-bond acceptors (Lipinski definition) is 5. The van der Waals surface area contributed by atoms with Gasteiger partial charge in [0.05, 0.1) is 12.1 Å². The lowest BCUT2D eigenvalue weighted by Crippen LogP contribution is -2.17. The summed E-state index contributed by atoms with van der Waals surface area (Å²) in [5.74, 6) is 0. The first-order chi connectivity index (χ1) is 11.8. The van der Waals surface area contributed by atoms with Crippen LogP contribution >= 0.6 is 7.82 Å². The Labute approximate surface area is 149 Å². The van der Waals surface area contributed by atoms with Crippen molar-refractivity contribution in [3.05, 3.63) is 36.0 Å². The number of hydrogen-bond donors (Lipinski definition) is 1. The third-order valence-electron chi connectivity index (χ3n) is 3.85. The predicted octanol–water partition coefficient (Wildman–Crippen LogP) is 2.40. The van der Waals surface area contributed by atoms with Gasteiger partial charge in [0.2, 0.25) is 0 Å². The molecule has 0 aliphatic rings. The highest BCUT2D eigenvalue weighted by Crippen LogP contribution is 2.43. The Balaban J connectivity index is 2.06. The van der Waals surface area contributed by atoms with Crippen LogP contribution in [-0.4, -0.2) is 67.1 Å². The van der Waals surface area contributed by atoms with Crippen LogP contribution in [-0.2, 0) is 26.8 Å². The number of para-hydroxylation sites is 1. The lowest BCUT2D eigenvalue weighted by atomic mass is 10.1. The maximum Gasteiger partial charge on any atom is 0.473 e. The maximum atomic E-state index is 12.0. The summed E-state index contributed by atoms with van der Waals surface area (Å²) < 4.78 is 24.0. The van der Waals surface area contributed by atoms with Gasteiger partial charge in [-0.25, -0.2) is 4.57 Å². The van der Waals surface area contributed by atoms with Crippen molar-refractivity contribution < 1.29 is 18.5 Å². The van der Waals surface area contributed by atoms with Gasteiger partial charge in [-0.05, 0) is 46.2 Å². The molecular formula is C17H28N3O4P. The van der Waals surface area contributed by atoms with Crippen molar-refractivity contribution in [2.75, 3.05) is 47.9 Å². The Morgan fingerprint density at radius 1 is 1.08 bits per heavy atom. The van der Waals surface area contributed by atoms with E-state index >= 15 is 0 Å². The number of benzene rings is 1. The molecule has 1 aromatic heterocycles. The van der Waals surface area contributed by atoms with Gasteiger partial charge >= 0.3 is 7.82 Å². The number of phosphoric acid groups is 1. The molecule has 7 nitrogen and oxygen atoms in total. The molecule has 1 N–H and O–H groups in total. The molecule has 0 bridgehead atoms. The average molecular weight is 369 g/mol. The molecule has 0 aliphatic carbocycles. The molecular weight excluding hydrogens is 341 g/mol. The van der Waals surface area contributed by atoms with Crippen molar-refractivity contribution >= 4 is 18.7 Å². The van der Waals surface area contributed by atoms with Crippen LogP contribution in [0.3, 0.4) is 0 Å². The van der Waals surface area contributed by atoms with Gasteiger partial charge in [-0.15, -0.1) is 0 Å². The molecule has 1 unspecified atom stereocenters. The number of aromatic nitrogens is 1. The van der Waals surface area contributed by atoms with Crippen LogP contribution in [0.4, 0.5) is 0 Å². The number of nitrogens with zero attached hydrogens (tertiary/aromatic N) is 3. The summed E-state index contributed by atoms with van der Waals surface area (Å²) in [6.07, 6.45) is 2.88. The van der Waals surface area contributed by atoms with E-state index in [9.17, 15) is 9.46 Å². The molecule has 0 radical (unpaired) electrons. The highest BCUT2D eigenvalue weighted by molar-refractivity contribution is 7.47. The van der Waals surface area contributed by atoms with Crippen LogP contribution in [0.25, 0.3) is 10.9 Å². The smallest absolute Gasteiger partial charge is 0.323 e. The van der Waals surface area contributed by atoms with Gasteiger partial charge in [0.25, 0.3) is 0 Å². The van der Waals surface area contributed by atoms with E-state index in [4.69, 9.17) is 9.05 Å². The van der Waals surface area contributed by atoms with Gasteiger partial charge in [-0.2, -0.15) is 0 Å². The van der Waals surface area contributed by atoms with Crippen LogP contribution in [0, 0.1) is 0 Å². The zero-order valence-corrected chi connectivity index (χ0v) is 16.3. The first kappa shape index (κ1) is 20.1. The highest BCUT2D eigenvalue weighted by Gasteiger charge is 2.21. The number of rotatable bonds is 10. The third kappa shape index (κ3) is 6.22. The van der Waals surface area contributed by atoms with E-state index in [1.807, 2.05) is 62.1 Å². The van der Waals surface area contributed by atoms with Crippen molar-refractivity contribution in [1.29, 1.82) is 0 Å². The van der Waals surface area contributed by atoms with E-state index in [1.165, 1.54) is 5.56 Å². The van der Waals surface area contributed by atoms with Crippen molar-refractivity contribution in [2.45, 2.75) is 13.2 Å². The van der Waals surface area contributed by atoms with Gasteiger partial charge in [-0.1, -0.05) is 18.2 Å². The zero-order chi connectivity index (χ0) is 18.4. The lowest BCUT2D eigenvalue weighted by molar-refractivity contribution is 0.115. The monoisotopic (exact) mass is 369 g/mol. The Morgan fingerprint density at radius 2 is 1.76 bits per heavy atom. The largest absolute Gasteiger partial charge is 0.473 e. The molecule has 2 aromatic rings. The van der Waals surface area contributed by atoms with Gasteiger partial charge < -0.3 is 19.3 Å². The molecule has 0 spiro atoms. The molecule has 0 amide bonds. The van der Waals surface area contributed by atoms with Gasteiger partial charge in [0.1, 0.15) is 6.73 Å². The topological polar surface area (TPSA) is 67.2 Å². The number of phosphoric ester groups is 1. The Morgan fingerprint density at radius 3 is 2.44 bits per heavy atom. The fraction of sp³-hybridized carbons (Fsp3) is 0.529. The highest BCUT2D eigenvalue weighted by atomic mass is 31.2. The Hall–Kier alpha value is -1.21. The van der Waals surface area contributed by atoms with Crippen molar-refractivity contribution in [3.8, 4) is 0 Å². The van der Waals surface area contributed by atoms with E-state index < -0.39 is 7.82 Å². The number of likely N-dealkylation sites (N-methyl/N-ethyl adjacent to an activating group) is 2. The second-order valence-electron chi connectivity index (χ2n) is 6.56. The van der Waals surface area contributed by atoms with E-state index in [2.05, 4.69) is 11.0 Å². The minimum atomic E-state index is -4.07. The van der Waals surface area contributed by atoms with Crippen molar-refractivity contribution in [1.82, 2.24) is 14.4 Å². The molecule has 8 heteroatoms. The quantitative estimate of drug-likeness (QED) is 0.649. The summed E-state index contributed by atoms with van der Waals surface area (Å²) in [4.78, 5) is 13.8. The molecule has 25 heavy (non-hydrogen) atoms. The van der Waals surface area contributed by atoms with E-state index in [1.54, 1.807) is 0 Å². The molecule has 0 fully saturated rings. The normalized spacial score (nSPS) is 14.5. The predicted molar refractivity (Wildman–Crippen MR) is 99.6 cm³/mol. The molecule has 1 atom stereocenters. The third-order valence-corrected chi connectivity index (χ3v) is 4.80. The fourth-order valence-electron chi connectivity index (χ4n) is 2.48. The summed E-state index contributed by atoms with van der Waals surface area (Å²) in [6, 6.07) is 7.98. The van der Waals surface area contributed by atoms with Crippen LogP contribution in [0.2, 0.25) is 0 Å². The lowest BCUT2D eigenvalue weighted by Gasteiger charge is -2.15. The fourth-order valence-corrected chi connectivity index (χ4v) is 3.14. The van der Waals surface area contributed by atoms with Crippen molar-refractivity contribution in [2.24, 2.45) is 0 Å². The molecule has 140 valence electrons. The van der Waals surface area contributed by atoms with Crippen LogP contribution in [0.5, 0.6) is 0 Å². The molecule has 2 rings (SSSR count). The summed E-state index contributed by atoms with van der Waals surface area (Å²) in [6.45, 7) is 1.59. The molecule has 1 heterocycles. The molecule has 0 aliphatic heterocycles. The first-order valence-corrected chi connectivity index (χ1v) is 9.76. The molecule has 0 saturated carbocycles. The Bertz CT molecular complexity index is 730. The molecule has 0 saturated heterocycles. The second-order valence-corrected chi connectivity index (χ2v) is 8.01. The number of fused-ring (bicyclic) bond motifs is 1. The summed E-state index contributed by atoms with van der Waals surface area (Å²) >= 11 is 0. The molecule has 1 aromatic carbocycles. The van der Waals surface area contributed by atoms with Crippen LogP contribution < -0.4 is 0 Å². The first-order valence-electron chi connectivity index (χ1n) is 8.26. The average Bonchev–Trinajstić information content (AvgIpc) is 2.89. The SMILES string of the molecule is CN(C)CCOP(=O)(O)OCn1cc(CCN(C)C)c2ccccc21. The second kappa shape index (κ2) is 8.94. The Kier molecular flexibility index (Phi) is 7.19. The van der Waals surface area contributed by atoms with Gasteiger partial charge in [0.15, 0.2) is 0 Å². The van der Waals surface area contributed by atoms with Gasteiger partial charge in [0, 0.05) is 24.7 Å². The van der Waals surface area contributed by atoms with Crippen molar-refractivity contribution in [3.63, 3.8) is 0 Å². The van der Waals surface area contributed by atoms with Gasteiger partial charge in [-0.3, -0.25) is 9.05 Å². The summed E-state index contributed by atoms with van der Waals surface area (Å²) in [5.41, 5.74) is 2.17. The summed E-state index contributed by atoms with van der Waals surface area (Å²) in [5, 5.41) is 1.13. The van der Waals surface area contributed by atoms with Crippen LogP contribution in [0.1, 0.15) is 5.56 Å². The van der Waals surface area contributed by atoms with E-state index in [0.29, 0.717) is 6.54 Å². The van der Waals surface area contributed by atoms with Crippen LogP contribution in [0.15, 0.2) is 30.5 Å². The van der Waals surface area contributed by atoms with E-state index in [0.717, 1.165) is 23.9 Å². The minimum Gasteiger partial charge on any atom is -0.323 e. The summed E-state index contributed by atoms with van der Waals surface area (Å²) in [7, 11) is 3.74. The maximum absolute atomic E-state index is 12.0. The standard InChI is InChI=1S/C17H28N3O4P/c1-18(2)10-9-15-13-20(17-8-6-5-7-16(15)17)14-24-25(21,22)23-12-11-19(3)4/h5-8,13H,9-12,14H2,1-4H3,(H,21,22). The zero-order valence-electron chi connectivity index (χ0n) is 15.4.